The topological polar surface area (TPSA) is 69.8 Å². The summed E-state index contributed by atoms with van der Waals surface area (Å²) in [6, 6.07) is 0. The Morgan fingerprint density at radius 2 is 2.50 bits per heavy atom. The van der Waals surface area contributed by atoms with Crippen molar-refractivity contribution < 1.29 is 4.79 Å². The van der Waals surface area contributed by atoms with E-state index in [2.05, 4.69) is 20.6 Å². The molecule has 1 fully saturated rings. The monoisotopic (exact) mass is 194 g/mol. The highest BCUT2D eigenvalue weighted by molar-refractivity contribution is 5.76. The maximum atomic E-state index is 11.4. The van der Waals surface area contributed by atoms with E-state index in [0.29, 0.717) is 18.9 Å². The van der Waals surface area contributed by atoms with E-state index in [0.717, 1.165) is 18.8 Å². The van der Waals surface area contributed by atoms with Gasteiger partial charge >= 0.3 is 0 Å². The van der Waals surface area contributed by atoms with Crippen molar-refractivity contribution in [3.05, 3.63) is 18.2 Å². The fourth-order valence-electron chi connectivity index (χ4n) is 1.40. The van der Waals surface area contributed by atoms with Gasteiger partial charge in [0.1, 0.15) is 0 Å². The molecule has 0 aliphatic carbocycles. The molecule has 1 aliphatic heterocycles. The third-order valence-corrected chi connectivity index (χ3v) is 2.37. The number of hydrogen-bond donors (Lipinski definition) is 3. The van der Waals surface area contributed by atoms with Crippen molar-refractivity contribution in [3.8, 4) is 0 Å². The summed E-state index contributed by atoms with van der Waals surface area (Å²) in [6.07, 6.45) is 3.95. The SMILES string of the molecule is O=C(CC1CNC1)NCc1cnc[nH]1. The normalized spacial score (nSPS) is 16.3. The molecule has 2 rings (SSSR count). The third-order valence-electron chi connectivity index (χ3n) is 2.37. The summed E-state index contributed by atoms with van der Waals surface area (Å²) >= 11 is 0. The lowest BCUT2D eigenvalue weighted by Crippen LogP contribution is -2.44. The second-order valence-electron chi connectivity index (χ2n) is 3.58. The molecule has 3 N–H and O–H groups in total. The maximum absolute atomic E-state index is 11.4. The van der Waals surface area contributed by atoms with E-state index < -0.39 is 0 Å². The third kappa shape index (κ3) is 2.32. The lowest BCUT2D eigenvalue weighted by Gasteiger charge is -2.26. The Kier molecular flexibility index (Phi) is 2.78. The Bertz CT molecular complexity index is 292. The van der Waals surface area contributed by atoms with Crippen LogP contribution in [0.15, 0.2) is 12.5 Å². The average molecular weight is 194 g/mol. The lowest BCUT2D eigenvalue weighted by atomic mass is 9.99. The molecule has 5 nitrogen and oxygen atoms in total. The van der Waals surface area contributed by atoms with Crippen LogP contribution in [0.4, 0.5) is 0 Å². The van der Waals surface area contributed by atoms with Gasteiger partial charge in [-0.25, -0.2) is 4.98 Å². The van der Waals surface area contributed by atoms with Crippen molar-refractivity contribution in [3.63, 3.8) is 0 Å². The first-order valence-corrected chi connectivity index (χ1v) is 4.79. The molecule has 0 radical (unpaired) electrons. The van der Waals surface area contributed by atoms with Crippen molar-refractivity contribution in [2.75, 3.05) is 13.1 Å². The molecular formula is C9H14N4O. The minimum atomic E-state index is 0.117. The van der Waals surface area contributed by atoms with Crippen LogP contribution < -0.4 is 10.6 Å². The van der Waals surface area contributed by atoms with Gasteiger partial charge in [-0.1, -0.05) is 0 Å². The molecule has 1 saturated heterocycles. The average Bonchev–Trinajstić information content (AvgIpc) is 2.60. The highest BCUT2D eigenvalue weighted by Gasteiger charge is 2.19. The van der Waals surface area contributed by atoms with Crippen LogP contribution >= 0.6 is 0 Å². The van der Waals surface area contributed by atoms with Crippen LogP contribution in [-0.4, -0.2) is 29.0 Å². The molecule has 2 heterocycles. The summed E-state index contributed by atoms with van der Waals surface area (Å²) in [5, 5.41) is 5.99. The number of nitrogens with one attached hydrogen (secondary N) is 3. The summed E-state index contributed by atoms with van der Waals surface area (Å²) in [5.74, 6) is 0.642. The number of H-pyrrole nitrogens is 1. The van der Waals surface area contributed by atoms with E-state index in [4.69, 9.17) is 0 Å². The van der Waals surface area contributed by atoms with Gasteiger partial charge in [0.05, 0.1) is 18.6 Å². The summed E-state index contributed by atoms with van der Waals surface area (Å²) in [6.45, 7) is 2.48. The largest absolute Gasteiger partial charge is 0.350 e. The van der Waals surface area contributed by atoms with Crippen molar-refractivity contribution in [2.45, 2.75) is 13.0 Å². The Morgan fingerprint density at radius 3 is 3.07 bits per heavy atom. The van der Waals surface area contributed by atoms with E-state index in [9.17, 15) is 4.79 Å². The van der Waals surface area contributed by atoms with Gasteiger partial charge in [0.2, 0.25) is 5.91 Å². The number of amides is 1. The predicted octanol–water partition coefficient (Wildman–Crippen LogP) is -0.365. The van der Waals surface area contributed by atoms with Crippen LogP contribution in [0.3, 0.4) is 0 Å². The molecule has 0 saturated carbocycles. The lowest BCUT2D eigenvalue weighted by molar-refractivity contribution is -0.122. The molecule has 14 heavy (non-hydrogen) atoms. The fourth-order valence-corrected chi connectivity index (χ4v) is 1.40. The van der Waals surface area contributed by atoms with Gasteiger partial charge in [-0.05, 0) is 19.0 Å². The molecule has 5 heteroatoms. The number of imidazole rings is 1. The van der Waals surface area contributed by atoms with Crippen LogP contribution in [0.2, 0.25) is 0 Å². The van der Waals surface area contributed by atoms with Gasteiger partial charge in [-0.3, -0.25) is 4.79 Å². The van der Waals surface area contributed by atoms with Crippen molar-refractivity contribution in [1.82, 2.24) is 20.6 Å². The number of rotatable bonds is 4. The van der Waals surface area contributed by atoms with E-state index in [1.54, 1.807) is 12.5 Å². The van der Waals surface area contributed by atoms with Crippen molar-refractivity contribution >= 4 is 5.91 Å². The molecule has 0 atom stereocenters. The van der Waals surface area contributed by atoms with Gasteiger partial charge in [-0.15, -0.1) is 0 Å². The fraction of sp³-hybridized carbons (Fsp3) is 0.556. The van der Waals surface area contributed by atoms with E-state index in [-0.39, 0.29) is 5.91 Å². The quantitative estimate of drug-likeness (QED) is 0.613. The molecule has 1 amide bonds. The highest BCUT2D eigenvalue weighted by Crippen LogP contribution is 2.07. The van der Waals surface area contributed by atoms with Gasteiger partial charge in [0, 0.05) is 12.6 Å². The van der Waals surface area contributed by atoms with E-state index >= 15 is 0 Å². The first-order chi connectivity index (χ1) is 6.84. The molecule has 0 aromatic carbocycles. The number of hydrogen-bond acceptors (Lipinski definition) is 3. The van der Waals surface area contributed by atoms with Crippen LogP contribution in [0.5, 0.6) is 0 Å². The number of carbonyl (C=O) groups excluding carboxylic acids is 1. The summed E-state index contributed by atoms with van der Waals surface area (Å²) < 4.78 is 0. The van der Waals surface area contributed by atoms with E-state index in [1.165, 1.54) is 0 Å². The van der Waals surface area contributed by atoms with Crippen LogP contribution in [0.1, 0.15) is 12.1 Å². The number of aromatic amines is 1. The zero-order chi connectivity index (χ0) is 9.80. The molecule has 0 spiro atoms. The predicted molar refractivity (Wildman–Crippen MR) is 51.4 cm³/mol. The Hall–Kier alpha value is -1.36. The molecule has 0 unspecified atom stereocenters. The van der Waals surface area contributed by atoms with Crippen molar-refractivity contribution in [2.24, 2.45) is 5.92 Å². The number of nitrogens with zero attached hydrogens (tertiary/aromatic N) is 1. The van der Waals surface area contributed by atoms with Gasteiger partial charge < -0.3 is 15.6 Å². The summed E-state index contributed by atoms with van der Waals surface area (Å²) in [7, 11) is 0. The summed E-state index contributed by atoms with van der Waals surface area (Å²) in [4.78, 5) is 18.2. The Balaban J connectivity index is 1.67. The van der Waals surface area contributed by atoms with Gasteiger partial charge in [0.25, 0.3) is 0 Å². The smallest absolute Gasteiger partial charge is 0.220 e. The minimum Gasteiger partial charge on any atom is -0.350 e. The molecule has 1 aromatic rings. The minimum absolute atomic E-state index is 0.117. The first kappa shape index (κ1) is 9.21. The Labute approximate surface area is 82.3 Å². The van der Waals surface area contributed by atoms with Gasteiger partial charge in [0.15, 0.2) is 0 Å². The van der Waals surface area contributed by atoms with E-state index in [1.807, 2.05) is 0 Å². The van der Waals surface area contributed by atoms with Crippen LogP contribution in [0, 0.1) is 5.92 Å². The molecule has 1 aromatic heterocycles. The van der Waals surface area contributed by atoms with Gasteiger partial charge in [-0.2, -0.15) is 0 Å². The number of aromatic nitrogens is 2. The maximum Gasteiger partial charge on any atom is 0.220 e. The molecule has 0 bridgehead atoms. The first-order valence-electron chi connectivity index (χ1n) is 4.79. The zero-order valence-electron chi connectivity index (χ0n) is 7.92. The Morgan fingerprint density at radius 1 is 1.64 bits per heavy atom. The zero-order valence-corrected chi connectivity index (χ0v) is 7.92. The second kappa shape index (κ2) is 4.23. The standard InChI is InChI=1S/C9H14N4O/c14-9(1-7-2-10-3-7)12-5-8-4-11-6-13-8/h4,6-7,10H,1-3,5H2,(H,11,13)(H,12,14). The highest BCUT2D eigenvalue weighted by atomic mass is 16.1. The molecule has 1 aliphatic rings. The van der Waals surface area contributed by atoms with Crippen LogP contribution in [0.25, 0.3) is 0 Å². The van der Waals surface area contributed by atoms with Crippen LogP contribution in [-0.2, 0) is 11.3 Å². The van der Waals surface area contributed by atoms with Crippen molar-refractivity contribution in [1.29, 1.82) is 0 Å². The number of carbonyl (C=O) groups is 1. The molecular weight excluding hydrogens is 180 g/mol. The second-order valence-corrected chi connectivity index (χ2v) is 3.58. The molecule has 76 valence electrons. The summed E-state index contributed by atoms with van der Waals surface area (Å²) in [5.41, 5.74) is 0.935.